The van der Waals surface area contributed by atoms with Crippen LogP contribution in [0.15, 0.2) is 0 Å². The molecule has 0 radical (unpaired) electrons. The Morgan fingerprint density at radius 2 is 1.93 bits per heavy atom. The normalized spacial score (nSPS) is 13.4. The fourth-order valence-corrected chi connectivity index (χ4v) is 1.07. The Balaban J connectivity index is 3.62. The van der Waals surface area contributed by atoms with Crippen LogP contribution in [-0.4, -0.2) is 31.9 Å². The minimum atomic E-state index is 0.315. The Kier molecular flexibility index (Phi) is 6.85. The summed E-state index contributed by atoms with van der Waals surface area (Å²) in [6.07, 6.45) is 0. The molecule has 0 fully saturated rings. The number of nitrogens with one attached hydrogen (secondary N) is 2. The van der Waals surface area contributed by atoms with Crippen molar-refractivity contribution in [2.45, 2.75) is 27.7 Å². The highest BCUT2D eigenvalue weighted by molar-refractivity contribution is 7.80. The molecule has 15 heavy (non-hydrogen) atoms. The molecular formula is C11H24N2OS. The number of thiocarbonyl (C=S) groups is 1. The van der Waals surface area contributed by atoms with Crippen LogP contribution in [0.2, 0.25) is 0 Å². The lowest BCUT2D eigenvalue weighted by atomic mass is 9.82. The van der Waals surface area contributed by atoms with Gasteiger partial charge in [-0.15, -0.1) is 0 Å². The summed E-state index contributed by atoms with van der Waals surface area (Å²) in [7, 11) is 1.68. The van der Waals surface area contributed by atoms with Gasteiger partial charge in [-0.25, -0.2) is 0 Å². The van der Waals surface area contributed by atoms with E-state index in [0.29, 0.717) is 23.1 Å². The van der Waals surface area contributed by atoms with Gasteiger partial charge in [0, 0.05) is 20.2 Å². The number of ether oxygens (including phenoxy) is 1. The highest BCUT2D eigenvalue weighted by Gasteiger charge is 2.19. The van der Waals surface area contributed by atoms with Crippen molar-refractivity contribution in [3.8, 4) is 0 Å². The predicted molar refractivity (Wildman–Crippen MR) is 69.1 cm³/mol. The third kappa shape index (κ3) is 7.56. The van der Waals surface area contributed by atoms with E-state index in [9.17, 15) is 0 Å². The maximum absolute atomic E-state index is 5.13. The number of hydrogen-bond donors (Lipinski definition) is 2. The van der Waals surface area contributed by atoms with E-state index < -0.39 is 0 Å². The smallest absolute Gasteiger partial charge is 0.166 e. The lowest BCUT2D eigenvalue weighted by molar-refractivity contribution is 0.203. The Morgan fingerprint density at radius 1 is 1.33 bits per heavy atom. The van der Waals surface area contributed by atoms with Gasteiger partial charge in [0.05, 0.1) is 6.61 Å². The topological polar surface area (TPSA) is 33.3 Å². The van der Waals surface area contributed by atoms with Gasteiger partial charge in [0.1, 0.15) is 0 Å². The first kappa shape index (κ1) is 14.6. The molecule has 0 aromatic carbocycles. The summed E-state index contributed by atoms with van der Waals surface area (Å²) in [6.45, 7) is 11.3. The molecule has 90 valence electrons. The Morgan fingerprint density at radius 3 is 2.40 bits per heavy atom. The molecule has 0 aromatic heterocycles. The van der Waals surface area contributed by atoms with Crippen molar-refractivity contribution in [3.63, 3.8) is 0 Å². The Labute approximate surface area is 99.0 Å². The van der Waals surface area contributed by atoms with Gasteiger partial charge >= 0.3 is 0 Å². The summed E-state index contributed by atoms with van der Waals surface area (Å²) in [6, 6.07) is 0. The lowest BCUT2D eigenvalue weighted by Gasteiger charge is -2.27. The van der Waals surface area contributed by atoms with Crippen LogP contribution in [0.3, 0.4) is 0 Å². The van der Waals surface area contributed by atoms with E-state index >= 15 is 0 Å². The lowest BCUT2D eigenvalue weighted by Crippen LogP contribution is -2.41. The molecule has 1 unspecified atom stereocenters. The van der Waals surface area contributed by atoms with Crippen LogP contribution in [0.25, 0.3) is 0 Å². The van der Waals surface area contributed by atoms with E-state index in [-0.39, 0.29) is 0 Å². The summed E-state index contributed by atoms with van der Waals surface area (Å²) in [5.74, 6) is 0.583. The van der Waals surface area contributed by atoms with Crippen LogP contribution in [0.4, 0.5) is 0 Å². The molecule has 0 aromatic rings. The highest BCUT2D eigenvalue weighted by Crippen LogP contribution is 2.24. The monoisotopic (exact) mass is 232 g/mol. The molecule has 0 saturated heterocycles. The minimum Gasteiger partial charge on any atom is -0.383 e. The maximum Gasteiger partial charge on any atom is 0.166 e. The van der Waals surface area contributed by atoms with E-state index in [1.54, 1.807) is 7.11 Å². The van der Waals surface area contributed by atoms with Gasteiger partial charge in [0.2, 0.25) is 0 Å². The fraction of sp³-hybridized carbons (Fsp3) is 0.909. The van der Waals surface area contributed by atoms with Gasteiger partial charge < -0.3 is 15.4 Å². The second-order valence-electron chi connectivity index (χ2n) is 4.90. The van der Waals surface area contributed by atoms with E-state index in [1.165, 1.54) is 0 Å². The molecule has 0 spiro atoms. The zero-order chi connectivity index (χ0) is 11.9. The van der Waals surface area contributed by atoms with Crippen LogP contribution >= 0.6 is 12.2 Å². The van der Waals surface area contributed by atoms with Crippen molar-refractivity contribution in [3.05, 3.63) is 0 Å². The van der Waals surface area contributed by atoms with E-state index in [1.807, 2.05) is 0 Å². The van der Waals surface area contributed by atoms with E-state index in [0.717, 1.165) is 13.1 Å². The van der Waals surface area contributed by atoms with Gasteiger partial charge in [-0.2, -0.15) is 0 Å². The third-order valence-corrected chi connectivity index (χ3v) is 2.93. The molecular weight excluding hydrogens is 208 g/mol. The molecule has 0 heterocycles. The largest absolute Gasteiger partial charge is 0.383 e. The van der Waals surface area contributed by atoms with Crippen molar-refractivity contribution in [1.29, 1.82) is 0 Å². The predicted octanol–water partition coefficient (Wildman–Crippen LogP) is 1.78. The van der Waals surface area contributed by atoms with Crippen LogP contribution in [0.5, 0.6) is 0 Å². The molecule has 0 aliphatic rings. The molecule has 0 saturated carbocycles. The first-order chi connectivity index (χ1) is 6.88. The van der Waals surface area contributed by atoms with Gasteiger partial charge in [-0.1, -0.05) is 27.7 Å². The molecule has 0 rings (SSSR count). The average Bonchev–Trinajstić information content (AvgIpc) is 2.13. The second kappa shape index (κ2) is 7.01. The Hall–Kier alpha value is -0.350. The molecule has 2 N–H and O–H groups in total. The van der Waals surface area contributed by atoms with Crippen molar-refractivity contribution in [2.24, 2.45) is 11.3 Å². The molecule has 4 heteroatoms. The van der Waals surface area contributed by atoms with Crippen molar-refractivity contribution in [1.82, 2.24) is 10.6 Å². The SMILES string of the molecule is COCCNC(=S)NCC(C)C(C)(C)C. The van der Waals surface area contributed by atoms with Crippen LogP contribution in [0, 0.1) is 11.3 Å². The van der Waals surface area contributed by atoms with Gasteiger partial charge in [0.15, 0.2) is 5.11 Å². The molecule has 0 aliphatic heterocycles. The summed E-state index contributed by atoms with van der Waals surface area (Å²) < 4.78 is 4.92. The Bertz CT molecular complexity index is 190. The van der Waals surface area contributed by atoms with Gasteiger partial charge in [-0.05, 0) is 23.6 Å². The van der Waals surface area contributed by atoms with Crippen molar-refractivity contribution in [2.75, 3.05) is 26.8 Å². The number of methoxy groups -OCH3 is 1. The van der Waals surface area contributed by atoms with E-state index in [4.69, 9.17) is 17.0 Å². The quantitative estimate of drug-likeness (QED) is 0.559. The molecule has 3 nitrogen and oxygen atoms in total. The molecule has 1 atom stereocenters. The zero-order valence-corrected chi connectivity index (χ0v) is 11.3. The first-order valence-electron chi connectivity index (χ1n) is 5.38. The number of rotatable bonds is 5. The number of hydrogen-bond acceptors (Lipinski definition) is 2. The molecule has 0 amide bonds. The molecule has 0 bridgehead atoms. The average molecular weight is 232 g/mol. The third-order valence-electron chi connectivity index (χ3n) is 2.64. The van der Waals surface area contributed by atoms with Crippen molar-refractivity contribution < 1.29 is 4.74 Å². The first-order valence-corrected chi connectivity index (χ1v) is 5.79. The highest BCUT2D eigenvalue weighted by atomic mass is 32.1. The minimum absolute atomic E-state index is 0.315. The standard InChI is InChI=1S/C11H24N2OS/c1-9(11(2,3)4)8-13-10(15)12-6-7-14-5/h9H,6-8H2,1-5H3,(H2,12,13,15). The van der Waals surface area contributed by atoms with E-state index in [2.05, 4.69) is 38.3 Å². The fourth-order valence-electron chi connectivity index (χ4n) is 0.881. The summed E-state index contributed by atoms with van der Waals surface area (Å²) in [5, 5.41) is 7.01. The van der Waals surface area contributed by atoms with Crippen LogP contribution < -0.4 is 10.6 Å². The second-order valence-corrected chi connectivity index (χ2v) is 5.30. The van der Waals surface area contributed by atoms with Gasteiger partial charge in [0.25, 0.3) is 0 Å². The van der Waals surface area contributed by atoms with Crippen molar-refractivity contribution >= 4 is 17.3 Å². The zero-order valence-electron chi connectivity index (χ0n) is 10.5. The molecule has 0 aliphatic carbocycles. The van der Waals surface area contributed by atoms with Gasteiger partial charge in [-0.3, -0.25) is 0 Å². The summed E-state index contributed by atoms with van der Waals surface area (Å²) >= 11 is 5.13. The van der Waals surface area contributed by atoms with Crippen LogP contribution in [0.1, 0.15) is 27.7 Å². The summed E-state index contributed by atoms with van der Waals surface area (Å²) in [4.78, 5) is 0. The van der Waals surface area contributed by atoms with Crippen LogP contribution in [-0.2, 0) is 4.74 Å². The maximum atomic E-state index is 5.13. The summed E-state index contributed by atoms with van der Waals surface area (Å²) in [5.41, 5.74) is 0.315.